The normalized spacial score (nSPS) is 17.5. The van der Waals surface area contributed by atoms with Gasteiger partial charge in [-0.2, -0.15) is 5.10 Å². The average molecular weight is 515 g/mol. The monoisotopic (exact) mass is 514 g/mol. The summed E-state index contributed by atoms with van der Waals surface area (Å²) in [7, 11) is 0. The minimum Gasteiger partial charge on any atom is -0.378 e. The Balaban J connectivity index is 1.38. The summed E-state index contributed by atoms with van der Waals surface area (Å²) in [5.74, 6) is 7.66. The number of morpholine rings is 1. The van der Waals surface area contributed by atoms with Crippen molar-refractivity contribution in [2.24, 2.45) is 0 Å². The van der Waals surface area contributed by atoms with Crippen LogP contribution >= 0.6 is 11.3 Å². The van der Waals surface area contributed by atoms with E-state index < -0.39 is 5.60 Å². The third-order valence-corrected chi connectivity index (χ3v) is 7.92. The Labute approximate surface area is 217 Å². The number of aromatic nitrogens is 4. The summed E-state index contributed by atoms with van der Waals surface area (Å²) in [4.78, 5) is 26.5. The second-order valence-corrected chi connectivity index (χ2v) is 10.3. The molecule has 2 N–H and O–H groups in total. The lowest BCUT2D eigenvalue weighted by molar-refractivity contribution is -0.128. The largest absolute Gasteiger partial charge is 0.378 e. The summed E-state index contributed by atoms with van der Waals surface area (Å²) < 4.78 is 6.54. The summed E-state index contributed by atoms with van der Waals surface area (Å²) in [6, 6.07) is 7.93. The highest BCUT2D eigenvalue weighted by atomic mass is 32.1. The van der Waals surface area contributed by atoms with E-state index in [0.717, 1.165) is 50.5 Å². The summed E-state index contributed by atoms with van der Waals surface area (Å²) in [6.07, 6.45) is 3.91. The number of aromatic amines is 1. The summed E-state index contributed by atoms with van der Waals surface area (Å²) in [5, 5.41) is 19.2. The van der Waals surface area contributed by atoms with Crippen LogP contribution in [0.1, 0.15) is 17.7 Å². The first-order valence-electron chi connectivity index (χ1n) is 12.3. The van der Waals surface area contributed by atoms with Crippen LogP contribution in [-0.2, 0) is 9.53 Å². The van der Waals surface area contributed by atoms with Gasteiger partial charge >= 0.3 is 0 Å². The molecule has 0 saturated carbocycles. The van der Waals surface area contributed by atoms with Crippen LogP contribution in [0, 0.1) is 11.8 Å². The Hall–Kier alpha value is -3.78. The Morgan fingerprint density at radius 1 is 1.22 bits per heavy atom. The standard InChI is InChI=1S/C27H26N6O3S/c1-2-23(34)32-10-8-27(35,9-11-32)7-6-18-16-22-24(37-18)26(33-12-14-36-15-13-33)30-25(29-22)19-4-3-5-21-20(19)17-28-31-21/h2-5,16-17,35H,1,8-15H2,(H,28,31). The first-order valence-corrected chi connectivity index (χ1v) is 13.1. The van der Waals surface area contributed by atoms with E-state index in [1.165, 1.54) is 17.4 Å². The zero-order valence-electron chi connectivity index (χ0n) is 20.2. The van der Waals surface area contributed by atoms with Gasteiger partial charge in [0.15, 0.2) is 11.6 Å². The number of benzene rings is 1. The summed E-state index contributed by atoms with van der Waals surface area (Å²) >= 11 is 1.53. The smallest absolute Gasteiger partial charge is 0.245 e. The van der Waals surface area contributed by atoms with Crippen molar-refractivity contribution >= 4 is 44.2 Å². The number of hydrogen-bond acceptors (Lipinski definition) is 8. The van der Waals surface area contributed by atoms with Crippen LogP contribution in [0.5, 0.6) is 0 Å². The lowest BCUT2D eigenvalue weighted by Gasteiger charge is -2.34. The number of ether oxygens (including phenoxy) is 1. The number of carbonyl (C=O) groups excluding carboxylic acids is 1. The van der Waals surface area contributed by atoms with Crippen molar-refractivity contribution in [3.63, 3.8) is 0 Å². The molecule has 0 unspecified atom stereocenters. The number of H-pyrrole nitrogens is 1. The molecular weight excluding hydrogens is 488 g/mol. The number of hydrogen-bond donors (Lipinski definition) is 2. The van der Waals surface area contributed by atoms with Crippen LogP contribution in [-0.4, -0.2) is 81.1 Å². The number of anilines is 1. The molecule has 3 aromatic heterocycles. The fourth-order valence-electron chi connectivity index (χ4n) is 4.78. The van der Waals surface area contributed by atoms with E-state index in [0.29, 0.717) is 45.0 Å². The van der Waals surface area contributed by atoms with E-state index in [1.54, 1.807) is 11.1 Å². The molecule has 0 aliphatic carbocycles. The van der Waals surface area contributed by atoms with Gasteiger partial charge in [0, 0.05) is 50.0 Å². The SMILES string of the molecule is C=CC(=O)N1CCC(O)(C#Cc2cc3nc(-c4cccc5[nH]ncc45)nc(N4CCOCC4)c3s2)CC1. The molecule has 5 heterocycles. The second kappa shape index (κ2) is 9.59. The average Bonchev–Trinajstić information content (AvgIpc) is 3.59. The minimum atomic E-state index is -1.13. The highest BCUT2D eigenvalue weighted by Crippen LogP contribution is 2.36. The van der Waals surface area contributed by atoms with Gasteiger partial charge in [-0.25, -0.2) is 9.97 Å². The predicted molar refractivity (Wildman–Crippen MR) is 143 cm³/mol. The van der Waals surface area contributed by atoms with Gasteiger partial charge in [-0.05, 0) is 18.2 Å². The van der Waals surface area contributed by atoms with Crippen molar-refractivity contribution in [2.75, 3.05) is 44.3 Å². The number of thiophene rings is 1. The third-order valence-electron chi connectivity index (χ3n) is 6.89. The Bertz CT molecular complexity index is 1550. The minimum absolute atomic E-state index is 0.115. The predicted octanol–water partition coefficient (Wildman–Crippen LogP) is 2.96. The molecule has 188 valence electrons. The number of likely N-dealkylation sites (tertiary alicyclic amines) is 1. The Morgan fingerprint density at radius 2 is 2.03 bits per heavy atom. The molecule has 0 bridgehead atoms. The maximum Gasteiger partial charge on any atom is 0.245 e. The molecule has 10 heteroatoms. The zero-order valence-corrected chi connectivity index (χ0v) is 21.1. The lowest BCUT2D eigenvalue weighted by Crippen LogP contribution is -2.45. The number of carbonyl (C=O) groups is 1. The van der Waals surface area contributed by atoms with E-state index in [1.807, 2.05) is 24.3 Å². The van der Waals surface area contributed by atoms with Gasteiger partial charge in [0.2, 0.25) is 5.91 Å². The number of nitrogens with zero attached hydrogens (tertiary/aromatic N) is 5. The van der Waals surface area contributed by atoms with Crippen molar-refractivity contribution in [3.8, 4) is 23.2 Å². The highest BCUT2D eigenvalue weighted by molar-refractivity contribution is 7.20. The molecule has 2 aliphatic rings. The van der Waals surface area contributed by atoms with E-state index in [4.69, 9.17) is 14.7 Å². The molecule has 0 atom stereocenters. The molecule has 0 spiro atoms. The lowest BCUT2D eigenvalue weighted by atomic mass is 9.92. The number of fused-ring (bicyclic) bond motifs is 2. The molecule has 9 nitrogen and oxygen atoms in total. The van der Waals surface area contributed by atoms with Crippen molar-refractivity contribution in [1.82, 2.24) is 25.1 Å². The van der Waals surface area contributed by atoms with Crippen molar-refractivity contribution in [1.29, 1.82) is 0 Å². The summed E-state index contributed by atoms with van der Waals surface area (Å²) in [6.45, 7) is 7.25. The van der Waals surface area contributed by atoms with Crippen molar-refractivity contribution in [2.45, 2.75) is 18.4 Å². The Morgan fingerprint density at radius 3 is 2.81 bits per heavy atom. The molecule has 4 aromatic rings. The first-order chi connectivity index (χ1) is 18.0. The van der Waals surface area contributed by atoms with Gasteiger partial charge in [-0.15, -0.1) is 11.3 Å². The van der Waals surface area contributed by atoms with Crippen LogP contribution in [0.3, 0.4) is 0 Å². The van der Waals surface area contributed by atoms with Crippen LogP contribution in [0.4, 0.5) is 5.82 Å². The van der Waals surface area contributed by atoms with E-state index in [-0.39, 0.29) is 5.91 Å². The molecule has 1 aromatic carbocycles. The Kier molecular flexibility index (Phi) is 6.12. The summed E-state index contributed by atoms with van der Waals surface area (Å²) in [5.41, 5.74) is 1.53. The van der Waals surface area contributed by atoms with E-state index in [9.17, 15) is 9.90 Å². The number of piperidine rings is 1. The van der Waals surface area contributed by atoms with Crippen molar-refractivity contribution in [3.05, 3.63) is 48.0 Å². The highest BCUT2D eigenvalue weighted by Gasteiger charge is 2.31. The number of amides is 1. The van der Waals surface area contributed by atoms with Gasteiger partial charge in [0.05, 0.1) is 40.0 Å². The molecule has 2 saturated heterocycles. The fraction of sp³-hybridized carbons (Fsp3) is 0.333. The number of aliphatic hydroxyl groups is 1. The maximum atomic E-state index is 11.9. The molecule has 2 aliphatic heterocycles. The van der Waals surface area contributed by atoms with Gasteiger partial charge in [-0.3, -0.25) is 9.89 Å². The maximum absolute atomic E-state index is 11.9. The van der Waals surface area contributed by atoms with Gasteiger partial charge in [0.25, 0.3) is 0 Å². The van der Waals surface area contributed by atoms with E-state index >= 15 is 0 Å². The zero-order chi connectivity index (χ0) is 25.4. The van der Waals surface area contributed by atoms with Crippen molar-refractivity contribution < 1.29 is 14.6 Å². The molecule has 6 rings (SSSR count). The molecular formula is C27H26N6O3S. The van der Waals surface area contributed by atoms with Gasteiger partial charge in [0.1, 0.15) is 5.60 Å². The first kappa shape index (κ1) is 23.6. The van der Waals surface area contributed by atoms with Crippen LogP contribution in [0.2, 0.25) is 0 Å². The quantitative estimate of drug-likeness (QED) is 0.320. The molecule has 1 amide bonds. The van der Waals surface area contributed by atoms with E-state index in [2.05, 4.69) is 33.5 Å². The van der Waals surface area contributed by atoms with Crippen LogP contribution < -0.4 is 4.90 Å². The number of rotatable bonds is 3. The third kappa shape index (κ3) is 4.57. The number of nitrogens with one attached hydrogen (secondary N) is 1. The topological polar surface area (TPSA) is 107 Å². The van der Waals surface area contributed by atoms with Gasteiger partial charge < -0.3 is 19.6 Å². The molecule has 2 fully saturated rings. The van der Waals surface area contributed by atoms with Crippen LogP contribution in [0.25, 0.3) is 32.5 Å². The fourth-order valence-corrected chi connectivity index (χ4v) is 5.75. The van der Waals surface area contributed by atoms with Gasteiger partial charge in [-0.1, -0.05) is 30.6 Å². The second-order valence-electron chi connectivity index (χ2n) is 9.24. The van der Waals surface area contributed by atoms with Crippen LogP contribution in [0.15, 0.2) is 43.1 Å². The molecule has 37 heavy (non-hydrogen) atoms. The molecule has 0 radical (unpaired) electrons.